The van der Waals surface area contributed by atoms with E-state index in [9.17, 15) is 20.1 Å². The second-order valence-corrected chi connectivity index (χ2v) is 19.8. The molecule has 65 heavy (non-hydrogen) atoms. The van der Waals surface area contributed by atoms with Gasteiger partial charge in [-0.3, -0.25) is 4.79 Å². The van der Waals surface area contributed by atoms with E-state index in [1.165, 1.54) is 238 Å². The molecule has 3 unspecified atom stereocenters. The molecule has 0 aliphatic rings. The van der Waals surface area contributed by atoms with Gasteiger partial charge in [0.05, 0.1) is 18.8 Å². The molecule has 0 bridgehead atoms. The van der Waals surface area contributed by atoms with Gasteiger partial charge in [0.15, 0.2) is 0 Å². The predicted molar refractivity (Wildman–Crippen MR) is 287 cm³/mol. The maximum Gasteiger partial charge on any atom is 0.249 e. The Bertz CT molecular complexity index is 1050. The molecule has 0 rings (SSSR count). The SMILES string of the molecule is CCCCCCCCCCCC/C=C/CC/C=C/CC/C=C/C(O)C(CO)NC(=O)C(O)CCCCCCCCCCCCCCCCC/C=C\CCCCCCCCCCCCCC. The second-order valence-electron chi connectivity index (χ2n) is 19.8. The summed E-state index contributed by atoms with van der Waals surface area (Å²) in [5.74, 6) is -0.514. The molecule has 0 aromatic rings. The van der Waals surface area contributed by atoms with Gasteiger partial charge in [-0.15, -0.1) is 0 Å². The number of carbonyl (C=O) groups excluding carboxylic acids is 1. The van der Waals surface area contributed by atoms with Crippen LogP contribution in [0.2, 0.25) is 0 Å². The lowest BCUT2D eigenvalue weighted by atomic mass is 10.0. The van der Waals surface area contributed by atoms with Crippen LogP contribution in [0.25, 0.3) is 0 Å². The van der Waals surface area contributed by atoms with Crippen molar-refractivity contribution in [1.29, 1.82) is 0 Å². The normalized spacial score (nSPS) is 13.6. The zero-order valence-electron chi connectivity index (χ0n) is 43.6. The van der Waals surface area contributed by atoms with Crippen LogP contribution in [0.15, 0.2) is 48.6 Å². The highest BCUT2D eigenvalue weighted by Crippen LogP contribution is 2.17. The fourth-order valence-corrected chi connectivity index (χ4v) is 8.86. The lowest BCUT2D eigenvalue weighted by Crippen LogP contribution is -2.48. The van der Waals surface area contributed by atoms with E-state index < -0.39 is 24.2 Å². The Hall–Kier alpha value is -1.69. The minimum atomic E-state index is -1.11. The average Bonchev–Trinajstić information content (AvgIpc) is 3.31. The number of hydrogen-bond acceptors (Lipinski definition) is 4. The molecule has 0 radical (unpaired) electrons. The van der Waals surface area contributed by atoms with E-state index in [0.717, 1.165) is 44.9 Å². The van der Waals surface area contributed by atoms with Crippen molar-refractivity contribution in [2.75, 3.05) is 6.61 Å². The van der Waals surface area contributed by atoms with Gasteiger partial charge in [-0.05, 0) is 70.6 Å². The van der Waals surface area contributed by atoms with Crippen molar-refractivity contribution in [2.45, 2.75) is 321 Å². The van der Waals surface area contributed by atoms with Gasteiger partial charge in [0.1, 0.15) is 6.10 Å². The molecule has 0 aliphatic carbocycles. The quantitative estimate of drug-likeness (QED) is 0.0361. The molecular formula is C60H113NO4. The zero-order valence-corrected chi connectivity index (χ0v) is 43.6. The standard InChI is InChI=1S/C60H113NO4/c1-3-5-7-9-11-13-15-17-19-21-23-25-26-27-28-29-30-31-32-33-34-35-37-39-41-43-45-47-49-51-53-55-59(64)60(65)61-57(56-62)58(63)54-52-50-48-46-44-42-40-38-36-24-22-20-18-16-14-12-10-8-6-4-2/h27-28,36,38,44,46,52,54,57-59,62-64H,3-26,29-35,37,39-43,45,47-51,53,55-56H2,1-2H3,(H,61,65)/b28-27-,38-36+,46-44+,54-52+. The van der Waals surface area contributed by atoms with Crippen LogP contribution in [-0.4, -0.2) is 46.1 Å². The highest BCUT2D eigenvalue weighted by atomic mass is 16.3. The van der Waals surface area contributed by atoms with E-state index in [-0.39, 0.29) is 6.61 Å². The van der Waals surface area contributed by atoms with Crippen LogP contribution in [0.3, 0.4) is 0 Å². The first-order valence-corrected chi connectivity index (χ1v) is 29.0. The van der Waals surface area contributed by atoms with Crippen LogP contribution < -0.4 is 5.32 Å². The topological polar surface area (TPSA) is 89.8 Å². The summed E-state index contributed by atoms with van der Waals surface area (Å²) < 4.78 is 0. The molecule has 0 heterocycles. The van der Waals surface area contributed by atoms with Crippen LogP contribution in [0, 0.1) is 0 Å². The van der Waals surface area contributed by atoms with Gasteiger partial charge in [0.2, 0.25) is 5.91 Å². The Kier molecular flexibility index (Phi) is 53.5. The van der Waals surface area contributed by atoms with Crippen LogP contribution in [-0.2, 0) is 4.79 Å². The highest BCUT2D eigenvalue weighted by molar-refractivity contribution is 5.80. The summed E-state index contributed by atoms with van der Waals surface area (Å²) in [7, 11) is 0. The van der Waals surface area contributed by atoms with Crippen molar-refractivity contribution in [3.8, 4) is 0 Å². The fourth-order valence-electron chi connectivity index (χ4n) is 8.86. The molecule has 4 N–H and O–H groups in total. The van der Waals surface area contributed by atoms with Crippen molar-refractivity contribution in [2.24, 2.45) is 0 Å². The molecule has 0 spiro atoms. The Balaban J connectivity index is 3.59. The molecule has 0 saturated heterocycles. The Morgan fingerprint density at radius 3 is 0.938 bits per heavy atom. The monoisotopic (exact) mass is 912 g/mol. The number of hydrogen-bond donors (Lipinski definition) is 4. The molecule has 5 nitrogen and oxygen atoms in total. The van der Waals surface area contributed by atoms with Gasteiger partial charge in [-0.1, -0.05) is 281 Å². The number of amides is 1. The molecule has 0 aromatic carbocycles. The zero-order chi connectivity index (χ0) is 47.2. The van der Waals surface area contributed by atoms with Crippen LogP contribution in [0.4, 0.5) is 0 Å². The van der Waals surface area contributed by atoms with Gasteiger partial charge in [-0.2, -0.15) is 0 Å². The number of nitrogens with one attached hydrogen (secondary N) is 1. The summed E-state index contributed by atoms with van der Waals surface area (Å²) in [5.41, 5.74) is 0. The first-order valence-electron chi connectivity index (χ1n) is 29.0. The number of allylic oxidation sites excluding steroid dienone is 7. The molecule has 5 heteroatoms. The molecular weight excluding hydrogens is 799 g/mol. The molecule has 3 atom stereocenters. The van der Waals surface area contributed by atoms with Crippen molar-refractivity contribution in [3.63, 3.8) is 0 Å². The fraction of sp³-hybridized carbons (Fsp3) is 0.850. The van der Waals surface area contributed by atoms with E-state index in [1.807, 2.05) is 6.08 Å². The Labute approximate surface area is 406 Å². The van der Waals surface area contributed by atoms with E-state index in [4.69, 9.17) is 0 Å². The first-order chi connectivity index (χ1) is 32.1. The number of carbonyl (C=O) groups is 1. The van der Waals surface area contributed by atoms with Gasteiger partial charge in [-0.25, -0.2) is 0 Å². The molecule has 0 aliphatic heterocycles. The molecule has 0 aromatic heterocycles. The van der Waals surface area contributed by atoms with Crippen molar-refractivity contribution < 1.29 is 20.1 Å². The molecule has 0 saturated carbocycles. The lowest BCUT2D eigenvalue weighted by Gasteiger charge is -2.21. The van der Waals surface area contributed by atoms with Crippen LogP contribution >= 0.6 is 0 Å². The van der Waals surface area contributed by atoms with Gasteiger partial charge < -0.3 is 20.6 Å². The number of aliphatic hydroxyl groups excluding tert-OH is 3. The molecule has 382 valence electrons. The highest BCUT2D eigenvalue weighted by Gasteiger charge is 2.22. The Morgan fingerprint density at radius 2 is 0.631 bits per heavy atom. The van der Waals surface area contributed by atoms with E-state index in [1.54, 1.807) is 6.08 Å². The van der Waals surface area contributed by atoms with Crippen LogP contribution in [0.5, 0.6) is 0 Å². The number of rotatable bonds is 53. The van der Waals surface area contributed by atoms with Gasteiger partial charge in [0.25, 0.3) is 0 Å². The summed E-state index contributed by atoms with van der Waals surface area (Å²) in [6.45, 7) is 4.19. The first kappa shape index (κ1) is 63.3. The largest absolute Gasteiger partial charge is 0.394 e. The average molecular weight is 913 g/mol. The lowest BCUT2D eigenvalue weighted by molar-refractivity contribution is -0.131. The van der Waals surface area contributed by atoms with Gasteiger partial charge in [0, 0.05) is 0 Å². The maximum atomic E-state index is 12.5. The summed E-state index contributed by atoms with van der Waals surface area (Å²) in [6.07, 6.45) is 73.4. The summed E-state index contributed by atoms with van der Waals surface area (Å²) in [5, 5.41) is 33.3. The van der Waals surface area contributed by atoms with Crippen LogP contribution in [0.1, 0.15) is 303 Å². The number of aliphatic hydroxyl groups is 3. The summed E-state index contributed by atoms with van der Waals surface area (Å²) in [6, 6.07) is -0.822. The Morgan fingerprint density at radius 1 is 0.369 bits per heavy atom. The van der Waals surface area contributed by atoms with Crippen molar-refractivity contribution in [3.05, 3.63) is 48.6 Å². The smallest absolute Gasteiger partial charge is 0.249 e. The van der Waals surface area contributed by atoms with E-state index in [2.05, 4.69) is 55.6 Å². The van der Waals surface area contributed by atoms with E-state index in [0.29, 0.717) is 6.42 Å². The minimum absolute atomic E-state index is 0.381. The van der Waals surface area contributed by atoms with Crippen molar-refractivity contribution in [1.82, 2.24) is 5.32 Å². The molecule has 0 fully saturated rings. The third-order valence-corrected chi connectivity index (χ3v) is 13.4. The van der Waals surface area contributed by atoms with Crippen molar-refractivity contribution >= 4 is 5.91 Å². The summed E-state index contributed by atoms with van der Waals surface area (Å²) >= 11 is 0. The third-order valence-electron chi connectivity index (χ3n) is 13.4. The maximum absolute atomic E-state index is 12.5. The minimum Gasteiger partial charge on any atom is -0.394 e. The predicted octanol–water partition coefficient (Wildman–Crippen LogP) is 18.0. The molecule has 1 amide bonds. The van der Waals surface area contributed by atoms with E-state index >= 15 is 0 Å². The number of unbranched alkanes of at least 4 members (excludes halogenated alkanes) is 39. The second kappa shape index (κ2) is 54.9. The third kappa shape index (κ3) is 50.0. The summed E-state index contributed by atoms with van der Waals surface area (Å²) in [4.78, 5) is 12.5. The van der Waals surface area contributed by atoms with Gasteiger partial charge >= 0.3 is 0 Å².